The van der Waals surface area contributed by atoms with Gasteiger partial charge in [0.05, 0.1) is 0 Å². The first kappa shape index (κ1) is 16.5. The Hall–Kier alpha value is -1.55. The van der Waals surface area contributed by atoms with Crippen LogP contribution in [-0.4, -0.2) is 24.9 Å². The molecule has 0 aliphatic heterocycles. The van der Waals surface area contributed by atoms with Crippen molar-refractivity contribution < 1.29 is 9.59 Å². The fraction of sp³-hybridized carbons (Fsp3) is 0.467. The summed E-state index contributed by atoms with van der Waals surface area (Å²) >= 11 is 5.83. The van der Waals surface area contributed by atoms with Crippen LogP contribution in [0.4, 0.5) is 5.69 Å². The van der Waals surface area contributed by atoms with Crippen LogP contribution in [0.15, 0.2) is 24.3 Å². The molecule has 4 nitrogen and oxygen atoms in total. The van der Waals surface area contributed by atoms with Crippen LogP contribution in [0.5, 0.6) is 0 Å². The average Bonchev–Trinajstić information content (AvgIpc) is 2.34. The number of benzene rings is 1. The van der Waals surface area contributed by atoms with Crippen molar-refractivity contribution in [1.82, 2.24) is 5.32 Å². The third-order valence-corrected chi connectivity index (χ3v) is 3.07. The van der Waals surface area contributed by atoms with E-state index in [-0.39, 0.29) is 11.8 Å². The standard InChI is InChI=1S/C15H21ClN2O2/c1-11(19)18(13-7-5-12(16)6-8-13)10-9-17-14(20)15(2,3)4/h5-8H,9-10H2,1-4H3,(H,17,20). The number of nitrogens with one attached hydrogen (secondary N) is 1. The molecule has 0 radical (unpaired) electrons. The number of rotatable bonds is 4. The van der Waals surface area contributed by atoms with Crippen LogP contribution in [0.2, 0.25) is 5.02 Å². The van der Waals surface area contributed by atoms with Crippen LogP contribution in [0.1, 0.15) is 27.7 Å². The number of hydrogen-bond acceptors (Lipinski definition) is 2. The number of halogens is 1. The zero-order valence-corrected chi connectivity index (χ0v) is 13.1. The maximum atomic E-state index is 11.8. The van der Waals surface area contributed by atoms with Crippen molar-refractivity contribution in [2.45, 2.75) is 27.7 Å². The summed E-state index contributed by atoms with van der Waals surface area (Å²) in [7, 11) is 0. The van der Waals surface area contributed by atoms with Gasteiger partial charge < -0.3 is 10.2 Å². The van der Waals surface area contributed by atoms with Gasteiger partial charge in [-0.05, 0) is 24.3 Å². The highest BCUT2D eigenvalue weighted by Gasteiger charge is 2.21. The Morgan fingerprint density at radius 2 is 1.75 bits per heavy atom. The molecule has 0 bridgehead atoms. The summed E-state index contributed by atoms with van der Waals surface area (Å²) in [6, 6.07) is 7.05. The predicted octanol–water partition coefficient (Wildman–Crippen LogP) is 2.86. The van der Waals surface area contributed by atoms with E-state index in [0.717, 1.165) is 5.69 Å². The van der Waals surface area contributed by atoms with Crippen LogP contribution in [-0.2, 0) is 9.59 Å². The summed E-state index contributed by atoms with van der Waals surface area (Å²) < 4.78 is 0. The first-order valence-corrected chi connectivity index (χ1v) is 6.91. The lowest BCUT2D eigenvalue weighted by Gasteiger charge is -2.23. The monoisotopic (exact) mass is 296 g/mol. The van der Waals surface area contributed by atoms with Crippen LogP contribution < -0.4 is 10.2 Å². The van der Waals surface area contributed by atoms with Crippen LogP contribution in [0.25, 0.3) is 0 Å². The van der Waals surface area contributed by atoms with E-state index in [4.69, 9.17) is 11.6 Å². The molecule has 0 aliphatic rings. The maximum absolute atomic E-state index is 11.8. The fourth-order valence-corrected chi connectivity index (χ4v) is 1.76. The van der Waals surface area contributed by atoms with Crippen LogP contribution >= 0.6 is 11.6 Å². The van der Waals surface area contributed by atoms with Gasteiger partial charge in [-0.2, -0.15) is 0 Å². The van der Waals surface area contributed by atoms with E-state index in [1.807, 2.05) is 20.8 Å². The van der Waals surface area contributed by atoms with Gasteiger partial charge in [-0.15, -0.1) is 0 Å². The van der Waals surface area contributed by atoms with Gasteiger partial charge in [0.2, 0.25) is 11.8 Å². The summed E-state index contributed by atoms with van der Waals surface area (Å²) in [5.41, 5.74) is 0.341. The van der Waals surface area contributed by atoms with E-state index in [1.165, 1.54) is 6.92 Å². The molecule has 5 heteroatoms. The third-order valence-electron chi connectivity index (χ3n) is 2.82. The molecular formula is C15H21ClN2O2. The van der Waals surface area contributed by atoms with Crippen molar-refractivity contribution in [2.24, 2.45) is 5.41 Å². The number of hydrogen-bond donors (Lipinski definition) is 1. The molecule has 0 spiro atoms. The van der Waals surface area contributed by atoms with Gasteiger partial charge in [0.25, 0.3) is 0 Å². The summed E-state index contributed by atoms with van der Waals surface area (Å²) in [4.78, 5) is 25.1. The van der Waals surface area contributed by atoms with E-state index >= 15 is 0 Å². The zero-order valence-electron chi connectivity index (χ0n) is 12.4. The fourth-order valence-electron chi connectivity index (χ4n) is 1.64. The quantitative estimate of drug-likeness (QED) is 0.929. The van der Waals surface area contributed by atoms with E-state index < -0.39 is 5.41 Å². The van der Waals surface area contributed by atoms with Crippen LogP contribution in [0.3, 0.4) is 0 Å². The van der Waals surface area contributed by atoms with Crippen molar-refractivity contribution in [3.05, 3.63) is 29.3 Å². The molecule has 1 aromatic carbocycles. The largest absolute Gasteiger partial charge is 0.354 e. The lowest BCUT2D eigenvalue weighted by atomic mass is 9.96. The molecule has 0 fully saturated rings. The Bertz CT molecular complexity index is 478. The van der Waals surface area contributed by atoms with Crippen molar-refractivity contribution in [3.8, 4) is 0 Å². The molecule has 1 N–H and O–H groups in total. The highest BCUT2D eigenvalue weighted by Crippen LogP contribution is 2.18. The van der Waals surface area contributed by atoms with Crippen molar-refractivity contribution in [1.29, 1.82) is 0 Å². The average molecular weight is 297 g/mol. The molecule has 0 saturated heterocycles. The van der Waals surface area contributed by atoms with Gasteiger partial charge in [0, 0.05) is 36.1 Å². The molecular weight excluding hydrogens is 276 g/mol. The minimum Gasteiger partial charge on any atom is -0.354 e. The Kier molecular flexibility index (Phi) is 5.57. The summed E-state index contributed by atoms with van der Waals surface area (Å²) in [6.45, 7) is 7.90. The van der Waals surface area contributed by atoms with E-state index in [0.29, 0.717) is 18.1 Å². The molecule has 110 valence electrons. The SMILES string of the molecule is CC(=O)N(CCNC(=O)C(C)(C)C)c1ccc(Cl)cc1. The van der Waals surface area contributed by atoms with Gasteiger partial charge in [0.1, 0.15) is 0 Å². The molecule has 0 atom stereocenters. The normalized spacial score (nSPS) is 11.1. The molecule has 0 saturated carbocycles. The Morgan fingerprint density at radius 1 is 1.20 bits per heavy atom. The minimum absolute atomic E-state index is 0.0305. The van der Waals surface area contributed by atoms with Crippen molar-refractivity contribution >= 4 is 29.1 Å². The van der Waals surface area contributed by atoms with E-state index in [2.05, 4.69) is 5.32 Å². The number of carbonyl (C=O) groups is 2. The predicted molar refractivity (Wildman–Crippen MR) is 81.9 cm³/mol. The summed E-state index contributed by atoms with van der Waals surface area (Å²) in [5.74, 6) is -0.102. The highest BCUT2D eigenvalue weighted by atomic mass is 35.5. The second kappa shape index (κ2) is 6.75. The van der Waals surface area contributed by atoms with Gasteiger partial charge >= 0.3 is 0 Å². The van der Waals surface area contributed by atoms with Gasteiger partial charge in [-0.1, -0.05) is 32.4 Å². The summed E-state index contributed by atoms with van der Waals surface area (Å²) in [6.07, 6.45) is 0. The molecule has 1 aromatic rings. The number of amides is 2. The zero-order chi connectivity index (χ0) is 15.3. The molecule has 20 heavy (non-hydrogen) atoms. The Balaban J connectivity index is 2.63. The number of nitrogens with zero attached hydrogens (tertiary/aromatic N) is 1. The Morgan fingerprint density at radius 3 is 2.20 bits per heavy atom. The third kappa shape index (κ3) is 4.85. The highest BCUT2D eigenvalue weighted by molar-refractivity contribution is 6.30. The van der Waals surface area contributed by atoms with E-state index in [1.54, 1.807) is 29.2 Å². The lowest BCUT2D eigenvalue weighted by molar-refractivity contribution is -0.128. The molecule has 0 aromatic heterocycles. The molecule has 0 heterocycles. The maximum Gasteiger partial charge on any atom is 0.225 e. The molecule has 1 rings (SSSR count). The molecule has 0 aliphatic carbocycles. The topological polar surface area (TPSA) is 49.4 Å². The number of anilines is 1. The van der Waals surface area contributed by atoms with Gasteiger partial charge in [-0.25, -0.2) is 0 Å². The Labute approximate surface area is 125 Å². The smallest absolute Gasteiger partial charge is 0.225 e. The summed E-state index contributed by atoms with van der Waals surface area (Å²) in [5, 5.41) is 3.45. The van der Waals surface area contributed by atoms with Crippen molar-refractivity contribution in [3.63, 3.8) is 0 Å². The minimum atomic E-state index is -0.429. The van der Waals surface area contributed by atoms with Gasteiger partial charge in [-0.3, -0.25) is 9.59 Å². The second-order valence-electron chi connectivity index (χ2n) is 5.65. The molecule has 2 amide bonds. The van der Waals surface area contributed by atoms with Gasteiger partial charge in [0.15, 0.2) is 0 Å². The second-order valence-corrected chi connectivity index (χ2v) is 6.09. The lowest BCUT2D eigenvalue weighted by Crippen LogP contribution is -2.41. The van der Waals surface area contributed by atoms with Crippen LogP contribution in [0, 0.1) is 5.41 Å². The first-order chi connectivity index (χ1) is 9.21. The molecule has 0 unspecified atom stereocenters. The van der Waals surface area contributed by atoms with E-state index in [9.17, 15) is 9.59 Å². The number of carbonyl (C=O) groups excluding carboxylic acids is 2. The first-order valence-electron chi connectivity index (χ1n) is 6.54. The van der Waals surface area contributed by atoms with Crippen molar-refractivity contribution in [2.75, 3.05) is 18.0 Å².